The van der Waals surface area contributed by atoms with E-state index in [1.165, 1.54) is 50.8 Å². The molecule has 0 aliphatic rings. The van der Waals surface area contributed by atoms with Gasteiger partial charge in [-0.05, 0) is 83.0 Å². The lowest BCUT2D eigenvalue weighted by Gasteiger charge is -2.13. The largest absolute Gasteiger partial charge is 0.493 e. The number of ether oxygens (including phenoxy) is 3. The predicted molar refractivity (Wildman–Crippen MR) is 139 cm³/mol. The summed E-state index contributed by atoms with van der Waals surface area (Å²) >= 11 is 9.13. The van der Waals surface area contributed by atoms with Gasteiger partial charge in [-0.1, -0.05) is 11.6 Å². The molecule has 0 atom stereocenters. The van der Waals surface area contributed by atoms with Gasteiger partial charge in [-0.25, -0.2) is 5.43 Å². The van der Waals surface area contributed by atoms with Crippen molar-refractivity contribution in [1.29, 1.82) is 0 Å². The Morgan fingerprint density at radius 1 is 1.03 bits per heavy atom. The molecule has 0 saturated heterocycles. The average molecular weight is 598 g/mol. The topological polar surface area (TPSA) is 113 Å². The zero-order valence-electron chi connectivity index (χ0n) is 19.4. The first-order valence-corrected chi connectivity index (χ1v) is 13.0. The lowest BCUT2D eigenvalue weighted by molar-refractivity contribution is 0.0954. The van der Waals surface area contributed by atoms with Crippen molar-refractivity contribution in [1.82, 2.24) is 5.43 Å². The molecule has 0 heterocycles. The Balaban J connectivity index is 1.77. The van der Waals surface area contributed by atoms with E-state index >= 15 is 0 Å². The maximum atomic E-state index is 12.7. The highest BCUT2D eigenvalue weighted by atomic mass is 79.9. The summed E-state index contributed by atoms with van der Waals surface area (Å²) < 4.78 is 47.0. The van der Waals surface area contributed by atoms with Gasteiger partial charge in [0.1, 0.15) is 4.90 Å². The molecule has 3 aromatic carbocycles. The molecule has 9 nitrogen and oxygen atoms in total. The van der Waals surface area contributed by atoms with E-state index in [1.54, 1.807) is 24.3 Å². The van der Waals surface area contributed by atoms with Crippen LogP contribution in [0.25, 0.3) is 0 Å². The molecule has 1 N–H and O–H groups in total. The fraction of sp³-hybridized carbons (Fsp3) is 0.167. The number of carbonyl (C=O) groups is 1. The van der Waals surface area contributed by atoms with Crippen LogP contribution in [0.15, 0.2) is 69.1 Å². The second-order valence-electron chi connectivity index (χ2n) is 7.02. The molecule has 0 aromatic heterocycles. The molecular weight excluding hydrogens is 576 g/mol. The van der Waals surface area contributed by atoms with E-state index in [2.05, 4.69) is 26.5 Å². The Morgan fingerprint density at radius 3 is 2.36 bits per heavy atom. The second kappa shape index (κ2) is 12.1. The number of hydrogen-bond donors (Lipinski definition) is 1. The fourth-order valence-electron chi connectivity index (χ4n) is 2.97. The summed E-state index contributed by atoms with van der Waals surface area (Å²) in [5, 5.41) is 4.36. The van der Waals surface area contributed by atoms with Crippen molar-refractivity contribution in [2.45, 2.75) is 11.8 Å². The van der Waals surface area contributed by atoms with Crippen molar-refractivity contribution in [3.8, 4) is 23.0 Å². The molecule has 12 heteroatoms. The Bertz CT molecular complexity index is 1380. The van der Waals surface area contributed by atoms with Gasteiger partial charge in [0, 0.05) is 10.6 Å². The highest BCUT2D eigenvalue weighted by Gasteiger charge is 2.22. The number of carbonyl (C=O) groups excluding carboxylic acids is 1. The van der Waals surface area contributed by atoms with Crippen LogP contribution in [0.3, 0.4) is 0 Å². The number of hydrazone groups is 1. The molecule has 190 valence electrons. The molecule has 0 spiro atoms. The number of amides is 1. The van der Waals surface area contributed by atoms with E-state index in [0.29, 0.717) is 38.7 Å². The number of rotatable bonds is 10. The van der Waals surface area contributed by atoms with E-state index in [4.69, 9.17) is 30.0 Å². The SMILES string of the molecule is CCOc1cc(C(=O)N/N=C/c2cc(Br)c(OS(=O)(=O)c3ccc(Cl)cc3)c(OC)c2)ccc1OC. The van der Waals surface area contributed by atoms with E-state index in [1.807, 2.05) is 6.92 Å². The molecule has 0 aliphatic carbocycles. The maximum Gasteiger partial charge on any atom is 0.339 e. The van der Waals surface area contributed by atoms with Gasteiger partial charge < -0.3 is 18.4 Å². The first kappa shape index (κ1) is 27.3. The Morgan fingerprint density at radius 2 is 1.72 bits per heavy atom. The van der Waals surface area contributed by atoms with E-state index in [9.17, 15) is 13.2 Å². The summed E-state index contributed by atoms with van der Waals surface area (Å²) in [7, 11) is -1.27. The van der Waals surface area contributed by atoms with Gasteiger partial charge in [0.2, 0.25) is 0 Å². The normalized spacial score (nSPS) is 11.2. The quantitative estimate of drug-likeness (QED) is 0.198. The first-order valence-electron chi connectivity index (χ1n) is 10.4. The average Bonchev–Trinajstić information content (AvgIpc) is 2.85. The van der Waals surface area contributed by atoms with Crippen molar-refractivity contribution in [3.05, 3.63) is 75.2 Å². The summed E-state index contributed by atoms with van der Waals surface area (Å²) in [5.74, 6) is 0.570. The van der Waals surface area contributed by atoms with Gasteiger partial charge in [-0.3, -0.25) is 4.79 Å². The summed E-state index contributed by atoms with van der Waals surface area (Å²) in [6, 6.07) is 13.4. The number of benzene rings is 3. The van der Waals surface area contributed by atoms with Crippen molar-refractivity contribution in [2.24, 2.45) is 5.10 Å². The third-order valence-electron chi connectivity index (χ3n) is 4.65. The minimum atomic E-state index is -4.15. The third kappa shape index (κ3) is 6.68. The first-order chi connectivity index (χ1) is 17.2. The van der Waals surface area contributed by atoms with Crippen LogP contribution < -0.4 is 23.8 Å². The molecule has 0 aliphatic heterocycles. The molecule has 3 aromatic rings. The van der Waals surface area contributed by atoms with Crippen molar-refractivity contribution < 1.29 is 31.6 Å². The van der Waals surface area contributed by atoms with Gasteiger partial charge in [-0.2, -0.15) is 13.5 Å². The highest BCUT2D eigenvalue weighted by Crippen LogP contribution is 2.38. The van der Waals surface area contributed by atoms with E-state index in [-0.39, 0.29) is 16.4 Å². The number of halogens is 2. The standard InChI is InChI=1S/C24H22BrClN2O7S/c1-4-34-21-13-16(5-10-20(21)32-2)24(29)28-27-14-15-11-19(25)23(22(12-15)33-3)35-36(30,31)18-8-6-17(26)7-9-18/h5-14H,4H2,1-3H3,(H,28,29)/b27-14+. The monoisotopic (exact) mass is 596 g/mol. The van der Waals surface area contributed by atoms with Gasteiger partial charge >= 0.3 is 10.1 Å². The number of methoxy groups -OCH3 is 2. The van der Waals surface area contributed by atoms with Crippen LogP contribution in [0.2, 0.25) is 5.02 Å². The zero-order chi connectivity index (χ0) is 26.3. The molecule has 3 rings (SSSR count). The van der Waals surface area contributed by atoms with E-state index < -0.39 is 16.0 Å². The smallest absolute Gasteiger partial charge is 0.339 e. The van der Waals surface area contributed by atoms with Crippen LogP contribution in [-0.2, 0) is 10.1 Å². The van der Waals surface area contributed by atoms with Crippen LogP contribution in [0, 0.1) is 0 Å². The predicted octanol–water partition coefficient (Wildman–Crippen LogP) is 5.05. The zero-order valence-corrected chi connectivity index (χ0v) is 22.6. The van der Waals surface area contributed by atoms with Crippen molar-refractivity contribution >= 4 is 49.8 Å². The second-order valence-corrected chi connectivity index (χ2v) is 9.86. The lowest BCUT2D eigenvalue weighted by atomic mass is 10.2. The van der Waals surface area contributed by atoms with Crippen LogP contribution in [0.5, 0.6) is 23.0 Å². The molecule has 0 unspecified atom stereocenters. The summed E-state index contributed by atoms with van der Waals surface area (Å²) in [4.78, 5) is 12.4. The number of hydrogen-bond acceptors (Lipinski definition) is 8. The van der Waals surface area contributed by atoms with Crippen molar-refractivity contribution in [2.75, 3.05) is 20.8 Å². The Kier molecular flexibility index (Phi) is 9.19. The highest BCUT2D eigenvalue weighted by molar-refractivity contribution is 9.10. The van der Waals surface area contributed by atoms with E-state index in [0.717, 1.165) is 0 Å². The minimum Gasteiger partial charge on any atom is -0.493 e. The Hall–Kier alpha value is -3.28. The molecular formula is C24H22BrClN2O7S. The van der Waals surface area contributed by atoms with Gasteiger partial charge in [0.15, 0.2) is 23.0 Å². The van der Waals surface area contributed by atoms with Crippen LogP contribution in [0.1, 0.15) is 22.8 Å². The van der Waals surface area contributed by atoms with Gasteiger partial charge in [0.25, 0.3) is 5.91 Å². The molecule has 0 saturated carbocycles. The molecule has 0 radical (unpaired) electrons. The number of nitrogens with zero attached hydrogens (tertiary/aromatic N) is 1. The summed E-state index contributed by atoms with van der Waals surface area (Å²) in [6.07, 6.45) is 1.37. The summed E-state index contributed by atoms with van der Waals surface area (Å²) in [6.45, 7) is 2.24. The molecule has 1 amide bonds. The molecule has 0 fully saturated rings. The van der Waals surface area contributed by atoms with Gasteiger partial charge in [-0.15, -0.1) is 0 Å². The van der Waals surface area contributed by atoms with Crippen LogP contribution >= 0.6 is 27.5 Å². The lowest BCUT2D eigenvalue weighted by Crippen LogP contribution is -2.17. The third-order valence-corrected chi connectivity index (χ3v) is 6.73. The molecule has 36 heavy (non-hydrogen) atoms. The maximum absolute atomic E-state index is 12.7. The minimum absolute atomic E-state index is 0.0460. The number of nitrogens with one attached hydrogen (secondary N) is 1. The van der Waals surface area contributed by atoms with Crippen LogP contribution in [0.4, 0.5) is 0 Å². The summed E-state index contributed by atoms with van der Waals surface area (Å²) in [5.41, 5.74) is 3.26. The van der Waals surface area contributed by atoms with Crippen LogP contribution in [-0.4, -0.2) is 41.4 Å². The fourth-order valence-corrected chi connectivity index (χ4v) is 4.70. The van der Waals surface area contributed by atoms with Gasteiger partial charge in [0.05, 0.1) is 31.5 Å². The molecule has 0 bridgehead atoms. The van der Waals surface area contributed by atoms with Crippen molar-refractivity contribution in [3.63, 3.8) is 0 Å². The Labute approximate surface area is 222 Å².